The fraction of sp³-hybridized carbons (Fsp3) is 0.692. The van der Waals surface area contributed by atoms with E-state index < -0.39 is 0 Å². The molecule has 19 heavy (non-hydrogen) atoms. The predicted octanol–water partition coefficient (Wildman–Crippen LogP) is 2.06. The molecular weight excluding hydrogens is 280 g/mol. The molecule has 0 bridgehead atoms. The second-order valence-corrected chi connectivity index (χ2v) is 6.89. The van der Waals surface area contributed by atoms with E-state index in [4.69, 9.17) is 0 Å². The van der Waals surface area contributed by atoms with Crippen LogP contribution < -0.4 is 0 Å². The number of aromatic nitrogens is 1. The minimum absolute atomic E-state index is 0.0543. The number of aliphatic hydroxyl groups is 1. The summed E-state index contributed by atoms with van der Waals surface area (Å²) in [4.78, 5) is 18.3. The Hall–Kier alpha value is -0.590. The van der Waals surface area contributed by atoms with Gasteiger partial charge in [-0.15, -0.1) is 11.3 Å². The summed E-state index contributed by atoms with van der Waals surface area (Å²) in [6, 6.07) is 0.0543. The molecule has 0 saturated carbocycles. The topological polar surface area (TPSA) is 53.4 Å². The van der Waals surface area contributed by atoms with Crippen molar-refractivity contribution in [2.24, 2.45) is 0 Å². The van der Waals surface area contributed by atoms with Gasteiger partial charge in [-0.1, -0.05) is 0 Å². The molecule has 1 aliphatic heterocycles. The summed E-state index contributed by atoms with van der Waals surface area (Å²) in [7, 11) is 0. The van der Waals surface area contributed by atoms with Gasteiger partial charge in [0.25, 0.3) is 0 Å². The first-order valence-electron chi connectivity index (χ1n) is 6.60. The van der Waals surface area contributed by atoms with Crippen molar-refractivity contribution in [1.29, 1.82) is 0 Å². The highest BCUT2D eigenvalue weighted by Crippen LogP contribution is 2.20. The van der Waals surface area contributed by atoms with E-state index in [0.29, 0.717) is 6.42 Å². The van der Waals surface area contributed by atoms with Gasteiger partial charge in [-0.25, -0.2) is 4.98 Å². The van der Waals surface area contributed by atoms with E-state index in [2.05, 4.69) is 10.4 Å². The van der Waals surface area contributed by atoms with Crippen molar-refractivity contribution in [2.45, 2.75) is 38.0 Å². The minimum atomic E-state index is 0.0543. The Morgan fingerprint density at radius 2 is 2.53 bits per heavy atom. The Kier molecular flexibility index (Phi) is 5.66. The number of aliphatic hydroxyl groups excluding tert-OH is 1. The van der Waals surface area contributed by atoms with E-state index in [1.807, 2.05) is 11.8 Å². The van der Waals surface area contributed by atoms with Crippen molar-refractivity contribution in [3.63, 3.8) is 0 Å². The van der Waals surface area contributed by atoms with Gasteiger partial charge in [0.1, 0.15) is 0 Å². The average Bonchev–Trinajstić information content (AvgIpc) is 3.02. The molecular formula is C13H20N2O2S2. The fourth-order valence-electron chi connectivity index (χ4n) is 2.31. The van der Waals surface area contributed by atoms with Crippen LogP contribution in [0.4, 0.5) is 0 Å². The van der Waals surface area contributed by atoms with Crippen molar-refractivity contribution in [1.82, 2.24) is 9.88 Å². The molecule has 4 nitrogen and oxygen atoms in total. The summed E-state index contributed by atoms with van der Waals surface area (Å²) in [6.45, 7) is 2.90. The van der Waals surface area contributed by atoms with Gasteiger partial charge in [-0.3, -0.25) is 4.79 Å². The van der Waals surface area contributed by atoms with E-state index in [-0.39, 0.29) is 18.6 Å². The highest BCUT2D eigenvalue weighted by molar-refractivity contribution is 7.98. The van der Waals surface area contributed by atoms with Crippen molar-refractivity contribution in [3.8, 4) is 0 Å². The zero-order valence-electron chi connectivity index (χ0n) is 11.2. The average molecular weight is 300 g/mol. The fourth-order valence-corrected chi connectivity index (χ4v) is 3.85. The Morgan fingerprint density at radius 3 is 3.21 bits per heavy atom. The largest absolute Gasteiger partial charge is 0.394 e. The zero-order chi connectivity index (χ0) is 13.7. The van der Waals surface area contributed by atoms with Gasteiger partial charge in [0, 0.05) is 29.9 Å². The van der Waals surface area contributed by atoms with E-state index in [1.54, 1.807) is 23.1 Å². The molecule has 0 aliphatic carbocycles. The maximum absolute atomic E-state index is 12.0. The van der Waals surface area contributed by atoms with E-state index in [0.717, 1.165) is 41.6 Å². The molecule has 1 amide bonds. The molecule has 0 spiro atoms. The first-order valence-corrected chi connectivity index (χ1v) is 8.63. The molecule has 1 saturated heterocycles. The lowest BCUT2D eigenvalue weighted by molar-refractivity contribution is -0.132. The summed E-state index contributed by atoms with van der Waals surface area (Å²) in [5, 5.41) is 12.4. The highest BCUT2D eigenvalue weighted by Gasteiger charge is 2.27. The molecule has 1 unspecified atom stereocenters. The third kappa shape index (κ3) is 4.19. The normalized spacial score (nSPS) is 19.1. The van der Waals surface area contributed by atoms with Crippen LogP contribution in [0.25, 0.3) is 0 Å². The summed E-state index contributed by atoms with van der Waals surface area (Å²) < 4.78 is 0. The van der Waals surface area contributed by atoms with E-state index in [1.165, 1.54) is 0 Å². The molecule has 106 valence electrons. The summed E-state index contributed by atoms with van der Waals surface area (Å²) in [5.74, 6) is 1.88. The molecule has 0 radical (unpaired) electrons. The van der Waals surface area contributed by atoms with Crippen molar-refractivity contribution in [2.75, 3.05) is 18.9 Å². The third-order valence-corrected chi connectivity index (χ3v) is 5.10. The SMILES string of the molecule is Cc1nc(CSCCC(=O)N2CCCC2CO)cs1. The molecule has 1 aromatic rings. The number of hydrogen-bond acceptors (Lipinski definition) is 5. The first kappa shape index (κ1) is 14.8. The van der Waals surface area contributed by atoms with Crippen molar-refractivity contribution in [3.05, 3.63) is 16.1 Å². The maximum Gasteiger partial charge on any atom is 0.223 e. The van der Waals surface area contributed by atoms with Crippen LogP contribution in [0, 0.1) is 6.92 Å². The second kappa shape index (κ2) is 7.26. The number of hydrogen-bond donors (Lipinski definition) is 1. The van der Waals surface area contributed by atoms with Gasteiger partial charge < -0.3 is 10.0 Å². The number of carbonyl (C=O) groups is 1. The molecule has 1 aromatic heterocycles. The van der Waals surface area contributed by atoms with E-state index in [9.17, 15) is 9.90 Å². The number of amides is 1. The first-order chi connectivity index (χ1) is 9.20. The van der Waals surface area contributed by atoms with Crippen LogP contribution in [0.3, 0.4) is 0 Å². The summed E-state index contributed by atoms with van der Waals surface area (Å²) in [5.41, 5.74) is 1.11. The third-order valence-electron chi connectivity index (χ3n) is 3.29. The minimum Gasteiger partial charge on any atom is -0.394 e. The van der Waals surface area contributed by atoms with Crippen LogP contribution >= 0.6 is 23.1 Å². The summed E-state index contributed by atoms with van der Waals surface area (Å²) in [6.07, 6.45) is 2.51. The van der Waals surface area contributed by atoms with Gasteiger partial charge in [0.05, 0.1) is 23.4 Å². The Labute approximate surface area is 122 Å². The summed E-state index contributed by atoms with van der Waals surface area (Å²) >= 11 is 3.41. The molecule has 1 aliphatic rings. The van der Waals surface area contributed by atoms with Gasteiger partial charge in [-0.2, -0.15) is 11.8 Å². The number of likely N-dealkylation sites (tertiary alicyclic amines) is 1. The lowest BCUT2D eigenvalue weighted by atomic mass is 10.2. The lowest BCUT2D eigenvalue weighted by Crippen LogP contribution is -2.37. The maximum atomic E-state index is 12.0. The number of nitrogens with zero attached hydrogens (tertiary/aromatic N) is 2. The Morgan fingerprint density at radius 1 is 1.68 bits per heavy atom. The second-order valence-electron chi connectivity index (χ2n) is 4.73. The highest BCUT2D eigenvalue weighted by atomic mass is 32.2. The number of carbonyl (C=O) groups excluding carboxylic acids is 1. The van der Waals surface area contributed by atoms with Gasteiger partial charge in [0.2, 0.25) is 5.91 Å². The van der Waals surface area contributed by atoms with Gasteiger partial charge in [-0.05, 0) is 19.8 Å². The van der Waals surface area contributed by atoms with Crippen LogP contribution in [0.15, 0.2) is 5.38 Å². The Bertz CT molecular complexity index is 423. The van der Waals surface area contributed by atoms with Gasteiger partial charge >= 0.3 is 0 Å². The molecule has 1 fully saturated rings. The Balaban J connectivity index is 1.66. The van der Waals surface area contributed by atoms with E-state index >= 15 is 0 Å². The monoisotopic (exact) mass is 300 g/mol. The standard InChI is InChI=1S/C13H20N2O2S2/c1-10-14-11(9-19-10)8-18-6-4-13(17)15-5-2-3-12(15)7-16/h9,12,16H,2-8H2,1H3. The number of thioether (sulfide) groups is 1. The van der Waals surface area contributed by atoms with Crippen LogP contribution in [-0.2, 0) is 10.5 Å². The van der Waals surface area contributed by atoms with Crippen molar-refractivity contribution < 1.29 is 9.90 Å². The van der Waals surface area contributed by atoms with Crippen LogP contribution in [0.2, 0.25) is 0 Å². The molecule has 1 atom stereocenters. The molecule has 2 heterocycles. The molecule has 2 rings (SSSR count). The number of rotatable bonds is 6. The number of aryl methyl sites for hydroxylation is 1. The molecule has 6 heteroatoms. The molecule has 0 aromatic carbocycles. The van der Waals surface area contributed by atoms with Crippen LogP contribution in [0.1, 0.15) is 30.0 Å². The number of thiazole rings is 1. The molecule has 1 N–H and O–H groups in total. The zero-order valence-corrected chi connectivity index (χ0v) is 12.8. The predicted molar refractivity (Wildman–Crippen MR) is 79.5 cm³/mol. The quantitative estimate of drug-likeness (QED) is 0.817. The lowest BCUT2D eigenvalue weighted by Gasteiger charge is -2.22. The van der Waals surface area contributed by atoms with Crippen LogP contribution in [-0.4, -0.2) is 45.8 Å². The van der Waals surface area contributed by atoms with Gasteiger partial charge in [0.15, 0.2) is 0 Å². The van der Waals surface area contributed by atoms with Crippen LogP contribution in [0.5, 0.6) is 0 Å². The van der Waals surface area contributed by atoms with Crippen molar-refractivity contribution >= 4 is 29.0 Å². The smallest absolute Gasteiger partial charge is 0.223 e.